The van der Waals surface area contributed by atoms with Crippen LogP contribution in [0.3, 0.4) is 0 Å². The molecule has 3 heteroatoms. The third-order valence-corrected chi connectivity index (χ3v) is 4.05. The molecule has 16 heavy (non-hydrogen) atoms. The molecule has 2 rings (SSSR count). The summed E-state index contributed by atoms with van der Waals surface area (Å²) in [4.78, 5) is 0. The molecule has 0 aliphatic carbocycles. The third-order valence-electron chi connectivity index (χ3n) is 3.47. The Hall–Kier alpha value is -0.410. The summed E-state index contributed by atoms with van der Waals surface area (Å²) >= 11 is 3.29. The Bertz CT molecular complexity index is 371. The molecule has 1 N–H and O–H groups in total. The SMILES string of the molecule is Cc1cc(Br)c(F)c(CC2CCCN2)c1C. The molecule has 1 nitrogen and oxygen atoms in total. The van der Waals surface area contributed by atoms with Crippen LogP contribution in [0.15, 0.2) is 10.5 Å². The number of benzene rings is 1. The predicted molar refractivity (Wildman–Crippen MR) is 68.3 cm³/mol. The lowest BCUT2D eigenvalue weighted by Gasteiger charge is -2.16. The predicted octanol–water partition coefficient (Wildman–Crippen LogP) is 3.50. The highest BCUT2D eigenvalue weighted by molar-refractivity contribution is 9.10. The van der Waals surface area contributed by atoms with Gasteiger partial charge in [0.25, 0.3) is 0 Å². The highest BCUT2D eigenvalue weighted by Gasteiger charge is 2.19. The third kappa shape index (κ3) is 2.30. The first kappa shape index (κ1) is 12.1. The maximum atomic E-state index is 14.0. The van der Waals surface area contributed by atoms with E-state index in [-0.39, 0.29) is 5.82 Å². The van der Waals surface area contributed by atoms with Crippen molar-refractivity contribution in [3.05, 3.63) is 33.0 Å². The van der Waals surface area contributed by atoms with Crippen molar-refractivity contribution in [3.8, 4) is 0 Å². The molecular formula is C13H17BrFN. The van der Waals surface area contributed by atoms with Gasteiger partial charge in [-0.1, -0.05) is 0 Å². The summed E-state index contributed by atoms with van der Waals surface area (Å²) < 4.78 is 14.6. The van der Waals surface area contributed by atoms with Crippen LogP contribution >= 0.6 is 15.9 Å². The lowest BCUT2D eigenvalue weighted by molar-refractivity contribution is 0.554. The van der Waals surface area contributed by atoms with E-state index < -0.39 is 0 Å². The lowest BCUT2D eigenvalue weighted by atomic mass is 9.96. The first-order valence-electron chi connectivity index (χ1n) is 5.77. The van der Waals surface area contributed by atoms with Crippen LogP contribution in [0.25, 0.3) is 0 Å². The largest absolute Gasteiger partial charge is 0.314 e. The molecule has 1 unspecified atom stereocenters. The minimum atomic E-state index is -0.0863. The minimum absolute atomic E-state index is 0.0863. The van der Waals surface area contributed by atoms with Crippen LogP contribution in [0.2, 0.25) is 0 Å². The van der Waals surface area contributed by atoms with Gasteiger partial charge in [-0.2, -0.15) is 0 Å². The summed E-state index contributed by atoms with van der Waals surface area (Å²) in [5, 5.41) is 3.42. The highest BCUT2D eigenvalue weighted by atomic mass is 79.9. The van der Waals surface area contributed by atoms with Gasteiger partial charge in [0.1, 0.15) is 5.82 Å². The van der Waals surface area contributed by atoms with Crippen LogP contribution in [0.5, 0.6) is 0 Å². The van der Waals surface area contributed by atoms with Crippen molar-refractivity contribution >= 4 is 15.9 Å². The van der Waals surface area contributed by atoms with E-state index in [0.29, 0.717) is 10.5 Å². The van der Waals surface area contributed by atoms with Crippen molar-refractivity contribution in [3.63, 3.8) is 0 Å². The monoisotopic (exact) mass is 285 g/mol. The van der Waals surface area contributed by atoms with Gasteiger partial charge >= 0.3 is 0 Å². The summed E-state index contributed by atoms with van der Waals surface area (Å²) in [6.07, 6.45) is 3.17. The van der Waals surface area contributed by atoms with Gasteiger partial charge in [0.2, 0.25) is 0 Å². The molecule has 1 aromatic rings. The summed E-state index contributed by atoms with van der Waals surface area (Å²) in [6.45, 7) is 5.11. The van der Waals surface area contributed by atoms with Gasteiger partial charge in [-0.25, -0.2) is 4.39 Å². The molecule has 0 radical (unpaired) electrons. The van der Waals surface area contributed by atoms with E-state index in [1.165, 1.54) is 6.42 Å². The van der Waals surface area contributed by atoms with E-state index in [9.17, 15) is 4.39 Å². The Labute approximate surface area is 105 Å². The molecular weight excluding hydrogens is 269 g/mol. The zero-order chi connectivity index (χ0) is 11.7. The smallest absolute Gasteiger partial charge is 0.140 e. The molecule has 0 bridgehead atoms. The van der Waals surface area contributed by atoms with Crippen LogP contribution < -0.4 is 5.32 Å². The quantitative estimate of drug-likeness (QED) is 0.877. The fraction of sp³-hybridized carbons (Fsp3) is 0.538. The molecule has 1 aromatic carbocycles. The standard InChI is InChI=1S/C13H17BrFN/c1-8-6-12(14)13(15)11(9(8)2)7-10-4-3-5-16-10/h6,10,16H,3-5,7H2,1-2H3. The lowest BCUT2D eigenvalue weighted by Crippen LogP contribution is -2.24. The molecule has 1 aliphatic heterocycles. The number of rotatable bonds is 2. The second-order valence-electron chi connectivity index (χ2n) is 4.59. The van der Waals surface area contributed by atoms with Gasteiger partial charge in [0.05, 0.1) is 4.47 Å². The van der Waals surface area contributed by atoms with Gasteiger partial charge in [0.15, 0.2) is 0 Å². The van der Waals surface area contributed by atoms with Gasteiger partial charge in [0, 0.05) is 6.04 Å². The van der Waals surface area contributed by atoms with Crippen molar-refractivity contribution < 1.29 is 4.39 Å². The second kappa shape index (κ2) is 4.84. The van der Waals surface area contributed by atoms with Gasteiger partial charge < -0.3 is 5.32 Å². The van der Waals surface area contributed by atoms with E-state index in [1.807, 2.05) is 19.9 Å². The van der Waals surface area contributed by atoms with Crippen LogP contribution in [-0.2, 0) is 6.42 Å². The molecule has 1 aliphatic rings. The molecule has 1 fully saturated rings. The Balaban J connectivity index is 2.31. The van der Waals surface area contributed by atoms with E-state index >= 15 is 0 Å². The van der Waals surface area contributed by atoms with Gasteiger partial charge in [-0.3, -0.25) is 0 Å². The summed E-state index contributed by atoms with van der Waals surface area (Å²) in [5.41, 5.74) is 3.11. The van der Waals surface area contributed by atoms with Crippen LogP contribution in [0.1, 0.15) is 29.5 Å². The topological polar surface area (TPSA) is 12.0 Å². The van der Waals surface area contributed by atoms with E-state index in [4.69, 9.17) is 0 Å². The molecule has 1 saturated heterocycles. The minimum Gasteiger partial charge on any atom is -0.314 e. The fourth-order valence-corrected chi connectivity index (χ4v) is 2.91. The zero-order valence-electron chi connectivity index (χ0n) is 9.74. The molecule has 1 atom stereocenters. The Morgan fingerprint density at radius 3 is 2.88 bits per heavy atom. The fourth-order valence-electron chi connectivity index (χ4n) is 2.33. The van der Waals surface area contributed by atoms with Crippen molar-refractivity contribution in [2.75, 3.05) is 6.54 Å². The van der Waals surface area contributed by atoms with Crippen molar-refractivity contribution in [2.45, 2.75) is 39.2 Å². The van der Waals surface area contributed by atoms with Crippen LogP contribution in [0, 0.1) is 19.7 Å². The van der Waals surface area contributed by atoms with Crippen LogP contribution in [-0.4, -0.2) is 12.6 Å². The van der Waals surface area contributed by atoms with Crippen molar-refractivity contribution in [1.29, 1.82) is 0 Å². The van der Waals surface area contributed by atoms with Crippen LogP contribution in [0.4, 0.5) is 4.39 Å². The number of hydrogen-bond acceptors (Lipinski definition) is 1. The Morgan fingerprint density at radius 2 is 2.25 bits per heavy atom. The Kier molecular flexibility index (Phi) is 3.65. The van der Waals surface area contributed by atoms with Crippen molar-refractivity contribution in [2.24, 2.45) is 0 Å². The molecule has 1 heterocycles. The van der Waals surface area contributed by atoms with Gasteiger partial charge in [-0.15, -0.1) is 0 Å². The number of nitrogens with one attached hydrogen (secondary N) is 1. The molecule has 88 valence electrons. The van der Waals surface area contributed by atoms with Crippen molar-refractivity contribution in [1.82, 2.24) is 5.32 Å². The zero-order valence-corrected chi connectivity index (χ0v) is 11.3. The molecule has 0 aromatic heterocycles. The molecule has 0 spiro atoms. The normalized spacial score (nSPS) is 20.4. The van der Waals surface area contributed by atoms with E-state index in [0.717, 1.165) is 36.1 Å². The average Bonchev–Trinajstić information content (AvgIpc) is 2.74. The Morgan fingerprint density at radius 1 is 1.50 bits per heavy atom. The average molecular weight is 286 g/mol. The summed E-state index contributed by atoms with van der Waals surface area (Å²) in [7, 11) is 0. The maximum absolute atomic E-state index is 14.0. The second-order valence-corrected chi connectivity index (χ2v) is 5.44. The number of halogens is 2. The maximum Gasteiger partial charge on any atom is 0.140 e. The number of aryl methyl sites for hydroxylation is 1. The summed E-state index contributed by atoms with van der Waals surface area (Å²) in [5.74, 6) is -0.0863. The van der Waals surface area contributed by atoms with E-state index in [1.54, 1.807) is 0 Å². The summed E-state index contributed by atoms with van der Waals surface area (Å²) in [6, 6.07) is 2.30. The highest BCUT2D eigenvalue weighted by Crippen LogP contribution is 2.27. The first-order chi connectivity index (χ1) is 7.59. The first-order valence-corrected chi connectivity index (χ1v) is 6.56. The molecule has 0 saturated carbocycles. The van der Waals surface area contributed by atoms with E-state index in [2.05, 4.69) is 21.2 Å². The number of hydrogen-bond donors (Lipinski definition) is 1. The molecule has 0 amide bonds. The van der Waals surface area contributed by atoms with Gasteiger partial charge in [-0.05, 0) is 78.3 Å².